The zero-order valence-electron chi connectivity index (χ0n) is 14.9. The molecule has 0 heterocycles. The van der Waals surface area contributed by atoms with E-state index >= 15 is 0 Å². The molecule has 2 rings (SSSR count). The minimum atomic E-state index is -4.61. The van der Waals surface area contributed by atoms with Crippen molar-refractivity contribution in [3.63, 3.8) is 0 Å². The van der Waals surface area contributed by atoms with E-state index in [2.05, 4.69) is 5.32 Å². The molecule has 0 atom stereocenters. The van der Waals surface area contributed by atoms with Crippen molar-refractivity contribution in [1.29, 1.82) is 0 Å². The number of nitrogens with one attached hydrogen (secondary N) is 1. The highest BCUT2D eigenvalue weighted by Gasteiger charge is 2.33. The van der Waals surface area contributed by atoms with Crippen molar-refractivity contribution in [3.05, 3.63) is 58.1 Å². The Hall–Kier alpha value is -2.54. The molecule has 2 aromatic carbocycles. The van der Waals surface area contributed by atoms with Crippen LogP contribution >= 0.6 is 11.6 Å². The molecule has 4 nitrogen and oxygen atoms in total. The Bertz CT molecular complexity index is 858. The molecule has 0 radical (unpaired) electrons. The zero-order valence-corrected chi connectivity index (χ0v) is 15.7. The molecule has 0 aromatic heterocycles. The smallest absolute Gasteiger partial charge is 0.324 e. The molecule has 144 valence electrons. The number of benzene rings is 2. The zero-order chi connectivity index (χ0) is 20.4. The molecule has 0 bridgehead atoms. The summed E-state index contributed by atoms with van der Waals surface area (Å²) in [5.41, 5.74) is 0.587. The lowest BCUT2D eigenvalue weighted by molar-refractivity contribution is -0.137. The maximum absolute atomic E-state index is 13.1. The van der Waals surface area contributed by atoms with Gasteiger partial charge in [0.2, 0.25) is 11.8 Å². The molecule has 0 aliphatic carbocycles. The van der Waals surface area contributed by atoms with Crippen LogP contribution in [0.2, 0.25) is 5.02 Å². The Morgan fingerprint density at radius 2 is 1.78 bits per heavy atom. The maximum atomic E-state index is 13.1. The van der Waals surface area contributed by atoms with Crippen molar-refractivity contribution in [2.75, 3.05) is 16.8 Å². The molecule has 0 aliphatic heterocycles. The summed E-state index contributed by atoms with van der Waals surface area (Å²) in [7, 11) is 0. The number of halogens is 4. The molecule has 0 unspecified atom stereocenters. The standard InChI is InChI=1S/C19H18ClF3N2O2/c1-11-8-12(2)18(15(20)9-11)25(13(3)26)10-17(27)24-16-7-5-4-6-14(16)19(21,22)23/h4-9H,10H2,1-3H3,(H,24,27). The summed E-state index contributed by atoms with van der Waals surface area (Å²) in [6.45, 7) is 4.36. The van der Waals surface area contributed by atoms with E-state index in [9.17, 15) is 22.8 Å². The molecule has 27 heavy (non-hydrogen) atoms. The molecule has 0 aliphatic rings. The topological polar surface area (TPSA) is 49.4 Å². The van der Waals surface area contributed by atoms with E-state index in [0.29, 0.717) is 11.3 Å². The first-order valence-electron chi connectivity index (χ1n) is 8.01. The lowest BCUT2D eigenvalue weighted by atomic mass is 10.1. The minimum Gasteiger partial charge on any atom is -0.324 e. The highest BCUT2D eigenvalue weighted by molar-refractivity contribution is 6.34. The minimum absolute atomic E-state index is 0.284. The summed E-state index contributed by atoms with van der Waals surface area (Å²) in [5, 5.41) is 2.51. The summed E-state index contributed by atoms with van der Waals surface area (Å²) in [5.74, 6) is -1.22. The second-order valence-corrected chi connectivity index (χ2v) is 6.52. The number of anilines is 2. The summed E-state index contributed by atoms with van der Waals surface area (Å²) < 4.78 is 39.2. The monoisotopic (exact) mass is 398 g/mol. The third-order valence-corrected chi connectivity index (χ3v) is 4.14. The van der Waals surface area contributed by atoms with Crippen LogP contribution < -0.4 is 10.2 Å². The Morgan fingerprint density at radius 3 is 2.33 bits per heavy atom. The lowest BCUT2D eigenvalue weighted by Crippen LogP contribution is -2.37. The fourth-order valence-corrected chi connectivity index (χ4v) is 3.19. The van der Waals surface area contributed by atoms with Crippen LogP contribution in [0.15, 0.2) is 36.4 Å². The number of amides is 2. The van der Waals surface area contributed by atoms with Crippen molar-refractivity contribution in [2.24, 2.45) is 0 Å². The first-order chi connectivity index (χ1) is 12.5. The van der Waals surface area contributed by atoms with Gasteiger partial charge in [-0.1, -0.05) is 29.8 Å². The van der Waals surface area contributed by atoms with Crippen LogP contribution in [0.4, 0.5) is 24.5 Å². The number of nitrogens with zero attached hydrogens (tertiary/aromatic N) is 1. The summed E-state index contributed by atoms with van der Waals surface area (Å²) in [6, 6.07) is 8.09. The van der Waals surface area contributed by atoms with Crippen molar-refractivity contribution in [2.45, 2.75) is 26.9 Å². The van der Waals surface area contributed by atoms with E-state index in [0.717, 1.165) is 22.6 Å². The SMILES string of the molecule is CC(=O)N(CC(=O)Nc1ccccc1C(F)(F)F)c1c(C)cc(C)cc1Cl. The number of carbonyl (C=O) groups is 2. The number of hydrogen-bond acceptors (Lipinski definition) is 2. The van der Waals surface area contributed by atoms with Crippen LogP contribution in [0, 0.1) is 13.8 Å². The van der Waals surface area contributed by atoms with Crippen molar-refractivity contribution in [1.82, 2.24) is 0 Å². The van der Waals surface area contributed by atoms with Crippen LogP contribution in [0.1, 0.15) is 23.6 Å². The fraction of sp³-hybridized carbons (Fsp3) is 0.263. The highest BCUT2D eigenvalue weighted by Crippen LogP contribution is 2.35. The quantitative estimate of drug-likeness (QED) is 0.790. The number of rotatable bonds is 4. The van der Waals surface area contributed by atoms with Crippen LogP contribution in [-0.4, -0.2) is 18.4 Å². The fourth-order valence-electron chi connectivity index (χ4n) is 2.77. The van der Waals surface area contributed by atoms with Gasteiger partial charge < -0.3 is 10.2 Å². The van der Waals surface area contributed by atoms with Crippen LogP contribution in [0.3, 0.4) is 0 Å². The van der Waals surface area contributed by atoms with Gasteiger partial charge in [-0.05, 0) is 43.2 Å². The van der Waals surface area contributed by atoms with E-state index in [1.807, 2.05) is 6.92 Å². The molecule has 0 fully saturated rings. The molecule has 2 amide bonds. The second kappa shape index (κ2) is 8.00. The molecule has 0 spiro atoms. The summed E-state index contributed by atoms with van der Waals surface area (Å²) in [4.78, 5) is 25.6. The Labute approximate surface area is 159 Å². The van der Waals surface area contributed by atoms with Gasteiger partial charge in [-0.3, -0.25) is 9.59 Å². The van der Waals surface area contributed by atoms with E-state index in [1.54, 1.807) is 19.1 Å². The average Bonchev–Trinajstić information content (AvgIpc) is 2.52. The van der Waals surface area contributed by atoms with Crippen LogP contribution in [-0.2, 0) is 15.8 Å². The van der Waals surface area contributed by atoms with Crippen LogP contribution in [0.25, 0.3) is 0 Å². The number of aryl methyl sites for hydroxylation is 2. The number of para-hydroxylation sites is 1. The first kappa shape index (κ1) is 20.8. The highest BCUT2D eigenvalue weighted by atomic mass is 35.5. The lowest BCUT2D eigenvalue weighted by Gasteiger charge is -2.24. The average molecular weight is 399 g/mol. The summed E-state index contributed by atoms with van der Waals surface area (Å²) in [6.07, 6.45) is -4.61. The Balaban J connectivity index is 2.30. The second-order valence-electron chi connectivity index (χ2n) is 6.11. The molecule has 8 heteroatoms. The van der Waals surface area contributed by atoms with Crippen molar-refractivity contribution in [3.8, 4) is 0 Å². The number of carbonyl (C=O) groups excluding carboxylic acids is 2. The predicted molar refractivity (Wildman–Crippen MR) is 99.0 cm³/mol. The molecule has 1 N–H and O–H groups in total. The third-order valence-electron chi connectivity index (χ3n) is 3.86. The van der Waals surface area contributed by atoms with Gasteiger partial charge in [-0.15, -0.1) is 0 Å². The van der Waals surface area contributed by atoms with Gasteiger partial charge in [-0.2, -0.15) is 13.2 Å². The van der Waals surface area contributed by atoms with Crippen molar-refractivity contribution < 1.29 is 22.8 Å². The van der Waals surface area contributed by atoms with E-state index < -0.39 is 30.1 Å². The largest absolute Gasteiger partial charge is 0.418 e. The van der Waals surface area contributed by atoms with Gasteiger partial charge in [0.25, 0.3) is 0 Å². The van der Waals surface area contributed by atoms with Gasteiger partial charge in [0.05, 0.1) is 22.0 Å². The normalized spacial score (nSPS) is 11.2. The number of alkyl halides is 3. The number of hydrogen-bond donors (Lipinski definition) is 1. The van der Waals surface area contributed by atoms with Gasteiger partial charge >= 0.3 is 6.18 Å². The first-order valence-corrected chi connectivity index (χ1v) is 8.39. The van der Waals surface area contributed by atoms with Gasteiger partial charge in [0.15, 0.2) is 0 Å². The van der Waals surface area contributed by atoms with E-state index in [1.165, 1.54) is 19.1 Å². The molecule has 0 saturated heterocycles. The van der Waals surface area contributed by atoms with Gasteiger partial charge in [0.1, 0.15) is 6.54 Å². The predicted octanol–water partition coefficient (Wildman–Crippen LogP) is 4.97. The van der Waals surface area contributed by atoms with Crippen LogP contribution in [0.5, 0.6) is 0 Å². The molecule has 2 aromatic rings. The van der Waals surface area contributed by atoms with Crippen molar-refractivity contribution >= 4 is 34.8 Å². The van der Waals surface area contributed by atoms with E-state index in [4.69, 9.17) is 11.6 Å². The Morgan fingerprint density at radius 1 is 1.15 bits per heavy atom. The maximum Gasteiger partial charge on any atom is 0.418 e. The van der Waals surface area contributed by atoms with Gasteiger partial charge in [-0.25, -0.2) is 0 Å². The third kappa shape index (κ3) is 5.01. The van der Waals surface area contributed by atoms with E-state index in [-0.39, 0.29) is 10.7 Å². The summed E-state index contributed by atoms with van der Waals surface area (Å²) >= 11 is 6.23. The van der Waals surface area contributed by atoms with Gasteiger partial charge in [0, 0.05) is 6.92 Å². The Kier molecular flexibility index (Phi) is 6.15. The molecular formula is C19H18ClF3N2O2. The molecular weight excluding hydrogens is 381 g/mol. The molecule has 0 saturated carbocycles.